The number of benzene rings is 1. The fraction of sp³-hybridized carbons (Fsp3) is 0.500. The molecule has 2 N–H and O–H groups in total. The van der Waals surface area contributed by atoms with Gasteiger partial charge in [-0.3, -0.25) is 4.79 Å². The summed E-state index contributed by atoms with van der Waals surface area (Å²) in [6, 6.07) is 9.57. The maximum atomic E-state index is 11.2. The molecule has 1 aromatic carbocycles. The summed E-state index contributed by atoms with van der Waals surface area (Å²) in [5, 5.41) is 18.6. The van der Waals surface area contributed by atoms with Crippen molar-refractivity contribution < 1.29 is 15.0 Å². The van der Waals surface area contributed by atoms with Crippen molar-refractivity contribution in [2.45, 2.75) is 37.5 Å². The average Bonchev–Trinajstić information content (AvgIpc) is 2.35. The molecular formula is C14H20O3S. The van der Waals surface area contributed by atoms with Gasteiger partial charge in [0.05, 0.1) is 5.60 Å². The minimum Gasteiger partial charge on any atom is -0.480 e. The van der Waals surface area contributed by atoms with Crippen molar-refractivity contribution in [3.63, 3.8) is 0 Å². The first kappa shape index (κ1) is 15.1. The van der Waals surface area contributed by atoms with E-state index >= 15 is 0 Å². The van der Waals surface area contributed by atoms with Gasteiger partial charge in [-0.05, 0) is 25.3 Å². The molecule has 100 valence electrons. The van der Waals surface area contributed by atoms with E-state index in [1.165, 1.54) is 11.8 Å². The highest BCUT2D eigenvalue weighted by Crippen LogP contribution is 2.23. The molecule has 2 unspecified atom stereocenters. The van der Waals surface area contributed by atoms with Gasteiger partial charge >= 0.3 is 5.97 Å². The molecule has 0 aliphatic heterocycles. The molecule has 0 aliphatic carbocycles. The van der Waals surface area contributed by atoms with E-state index in [9.17, 15) is 15.0 Å². The minimum atomic E-state index is -0.823. The van der Waals surface area contributed by atoms with Crippen molar-refractivity contribution in [1.82, 2.24) is 0 Å². The first-order valence-electron chi connectivity index (χ1n) is 6.05. The van der Waals surface area contributed by atoms with E-state index in [2.05, 4.69) is 0 Å². The van der Waals surface area contributed by atoms with Gasteiger partial charge in [-0.25, -0.2) is 0 Å². The molecule has 3 nitrogen and oxygen atoms in total. The van der Waals surface area contributed by atoms with Crippen LogP contribution in [0.2, 0.25) is 0 Å². The zero-order chi connectivity index (χ0) is 13.6. The Bertz CT molecular complexity index is 376. The van der Waals surface area contributed by atoms with Gasteiger partial charge in [-0.15, -0.1) is 11.8 Å². The number of carbonyl (C=O) groups is 1. The van der Waals surface area contributed by atoms with E-state index in [0.29, 0.717) is 18.6 Å². The lowest BCUT2D eigenvalue weighted by Crippen LogP contribution is -2.29. The van der Waals surface area contributed by atoms with Crippen molar-refractivity contribution in [3.05, 3.63) is 35.9 Å². The maximum Gasteiger partial charge on any atom is 0.316 e. The Kier molecular flexibility index (Phi) is 5.69. The molecule has 0 bridgehead atoms. The van der Waals surface area contributed by atoms with Crippen LogP contribution < -0.4 is 0 Å². The Morgan fingerprint density at radius 1 is 1.39 bits per heavy atom. The van der Waals surface area contributed by atoms with Crippen molar-refractivity contribution in [2.75, 3.05) is 5.75 Å². The van der Waals surface area contributed by atoms with Gasteiger partial charge in [-0.1, -0.05) is 37.3 Å². The summed E-state index contributed by atoms with van der Waals surface area (Å²) in [5.74, 6) is -0.386. The quantitative estimate of drug-likeness (QED) is 0.798. The summed E-state index contributed by atoms with van der Waals surface area (Å²) >= 11 is 1.31. The van der Waals surface area contributed by atoms with Crippen LogP contribution in [-0.2, 0) is 11.2 Å². The van der Waals surface area contributed by atoms with Crippen molar-refractivity contribution in [2.24, 2.45) is 0 Å². The topological polar surface area (TPSA) is 57.5 Å². The summed E-state index contributed by atoms with van der Waals surface area (Å²) in [6.07, 6.45) is 1.11. The number of thioether (sulfide) groups is 1. The molecule has 2 atom stereocenters. The summed E-state index contributed by atoms with van der Waals surface area (Å²) in [6.45, 7) is 3.63. The van der Waals surface area contributed by atoms with Crippen molar-refractivity contribution in [3.8, 4) is 0 Å². The summed E-state index contributed by atoms with van der Waals surface area (Å²) in [7, 11) is 0. The molecule has 0 amide bonds. The zero-order valence-electron chi connectivity index (χ0n) is 10.8. The Labute approximate surface area is 112 Å². The molecule has 0 spiro atoms. The molecule has 1 aromatic rings. The molecule has 1 rings (SSSR count). The fourth-order valence-corrected chi connectivity index (χ4v) is 2.65. The third-order valence-corrected chi connectivity index (χ3v) is 4.46. The number of carboxylic acid groups (broad SMARTS) is 1. The molecular weight excluding hydrogens is 248 g/mol. The number of hydrogen-bond acceptors (Lipinski definition) is 3. The van der Waals surface area contributed by atoms with Crippen LogP contribution in [0, 0.1) is 0 Å². The lowest BCUT2D eigenvalue weighted by Gasteiger charge is -2.22. The summed E-state index contributed by atoms with van der Waals surface area (Å²) < 4.78 is 0. The van der Waals surface area contributed by atoms with Crippen LogP contribution in [0.4, 0.5) is 0 Å². The van der Waals surface area contributed by atoms with Crippen LogP contribution in [0.5, 0.6) is 0 Å². The van der Waals surface area contributed by atoms with Gasteiger partial charge in [0.15, 0.2) is 0 Å². The SMILES string of the molecule is CCC(C)(O)CSC(Cc1ccccc1)C(=O)O. The normalized spacial score (nSPS) is 15.9. The number of aliphatic hydroxyl groups is 1. The maximum absolute atomic E-state index is 11.2. The van der Waals surface area contributed by atoms with Gasteiger partial charge in [0.1, 0.15) is 5.25 Å². The fourth-order valence-electron chi connectivity index (χ4n) is 1.43. The average molecular weight is 268 g/mol. The van der Waals surface area contributed by atoms with E-state index in [1.807, 2.05) is 37.3 Å². The lowest BCUT2D eigenvalue weighted by atomic mass is 10.1. The van der Waals surface area contributed by atoms with E-state index < -0.39 is 16.8 Å². The Morgan fingerprint density at radius 3 is 2.50 bits per heavy atom. The third kappa shape index (κ3) is 5.10. The van der Waals surface area contributed by atoms with Crippen LogP contribution in [0.15, 0.2) is 30.3 Å². The predicted octanol–water partition coefficient (Wildman–Crippen LogP) is 2.58. The highest BCUT2D eigenvalue weighted by Gasteiger charge is 2.24. The molecule has 0 saturated carbocycles. The predicted molar refractivity (Wildman–Crippen MR) is 74.9 cm³/mol. The second-order valence-corrected chi connectivity index (χ2v) is 5.87. The minimum absolute atomic E-state index is 0.438. The highest BCUT2D eigenvalue weighted by atomic mass is 32.2. The second kappa shape index (κ2) is 6.81. The summed E-state index contributed by atoms with van der Waals surface area (Å²) in [5.41, 5.74) is 0.211. The Morgan fingerprint density at radius 2 is 2.00 bits per heavy atom. The summed E-state index contributed by atoms with van der Waals surface area (Å²) in [4.78, 5) is 11.2. The number of carboxylic acids is 1. The second-order valence-electron chi connectivity index (χ2n) is 4.68. The van der Waals surface area contributed by atoms with E-state index in [0.717, 1.165) is 5.56 Å². The van der Waals surface area contributed by atoms with Crippen LogP contribution >= 0.6 is 11.8 Å². The molecule has 0 radical (unpaired) electrons. The standard InChI is InChI=1S/C14H20O3S/c1-3-14(2,17)10-18-12(13(15)16)9-11-7-5-4-6-8-11/h4-8,12,17H,3,9-10H2,1-2H3,(H,15,16). The molecule has 0 aromatic heterocycles. The molecule has 0 fully saturated rings. The van der Waals surface area contributed by atoms with Gasteiger partial charge in [-0.2, -0.15) is 0 Å². The molecule has 0 heterocycles. The Balaban J connectivity index is 2.59. The number of aliphatic carboxylic acids is 1. The number of rotatable bonds is 7. The van der Waals surface area contributed by atoms with Crippen LogP contribution in [-0.4, -0.2) is 32.8 Å². The molecule has 4 heteroatoms. The number of hydrogen-bond donors (Lipinski definition) is 2. The van der Waals surface area contributed by atoms with Gasteiger partial charge < -0.3 is 10.2 Å². The monoisotopic (exact) mass is 268 g/mol. The highest BCUT2D eigenvalue weighted by molar-refractivity contribution is 8.00. The van der Waals surface area contributed by atoms with Crippen LogP contribution in [0.3, 0.4) is 0 Å². The largest absolute Gasteiger partial charge is 0.480 e. The van der Waals surface area contributed by atoms with Gasteiger partial charge in [0, 0.05) is 5.75 Å². The first-order chi connectivity index (χ1) is 8.44. The van der Waals surface area contributed by atoms with Crippen molar-refractivity contribution >= 4 is 17.7 Å². The van der Waals surface area contributed by atoms with E-state index in [-0.39, 0.29) is 0 Å². The third-order valence-electron chi connectivity index (χ3n) is 2.90. The van der Waals surface area contributed by atoms with Gasteiger partial charge in [0.25, 0.3) is 0 Å². The first-order valence-corrected chi connectivity index (χ1v) is 7.10. The Hall–Kier alpha value is -1.00. The molecule has 0 aliphatic rings. The molecule has 0 saturated heterocycles. The molecule has 18 heavy (non-hydrogen) atoms. The van der Waals surface area contributed by atoms with E-state index in [4.69, 9.17) is 0 Å². The van der Waals surface area contributed by atoms with Crippen LogP contribution in [0.25, 0.3) is 0 Å². The smallest absolute Gasteiger partial charge is 0.316 e. The lowest BCUT2D eigenvalue weighted by molar-refractivity contribution is -0.136. The van der Waals surface area contributed by atoms with E-state index in [1.54, 1.807) is 6.92 Å². The zero-order valence-corrected chi connectivity index (χ0v) is 11.6. The van der Waals surface area contributed by atoms with Crippen LogP contribution in [0.1, 0.15) is 25.8 Å². The van der Waals surface area contributed by atoms with Gasteiger partial charge in [0.2, 0.25) is 0 Å². The van der Waals surface area contributed by atoms with Crippen molar-refractivity contribution in [1.29, 1.82) is 0 Å².